The Balaban J connectivity index is 3.27. The van der Waals surface area contributed by atoms with Crippen LogP contribution in [-0.2, 0) is 19.0 Å². The Kier molecular flexibility index (Phi) is 12.5. The summed E-state index contributed by atoms with van der Waals surface area (Å²) in [4.78, 5) is 11.2. The number of ether oxygens (including phenoxy) is 3. The summed E-state index contributed by atoms with van der Waals surface area (Å²) in [6.07, 6.45) is 7.81. The summed E-state index contributed by atoms with van der Waals surface area (Å²) in [5.41, 5.74) is 0. The number of esters is 1. The molecule has 0 rings (SSSR count). The molecule has 0 aromatic rings. The minimum Gasteiger partial charge on any atom is -0.460 e. The molecule has 0 amide bonds. The van der Waals surface area contributed by atoms with Crippen LogP contribution >= 0.6 is 0 Å². The van der Waals surface area contributed by atoms with E-state index < -0.39 is 0 Å². The van der Waals surface area contributed by atoms with Crippen LogP contribution in [0.2, 0.25) is 0 Å². The average molecular weight is 244 g/mol. The van der Waals surface area contributed by atoms with Crippen LogP contribution in [0, 0.1) is 0 Å². The zero-order chi connectivity index (χ0) is 12.8. The fourth-order valence-electron chi connectivity index (χ4n) is 1.19. The topological polar surface area (TPSA) is 44.8 Å². The van der Waals surface area contributed by atoms with E-state index in [-0.39, 0.29) is 5.97 Å². The molecule has 100 valence electrons. The van der Waals surface area contributed by atoms with Gasteiger partial charge in [-0.15, -0.1) is 0 Å². The molecule has 0 aliphatic carbocycles. The van der Waals surface area contributed by atoms with Gasteiger partial charge < -0.3 is 14.2 Å². The van der Waals surface area contributed by atoms with Crippen LogP contribution in [0.1, 0.15) is 32.6 Å². The van der Waals surface area contributed by atoms with E-state index >= 15 is 0 Å². The quantitative estimate of drug-likeness (QED) is 0.318. The highest BCUT2D eigenvalue weighted by atomic mass is 16.6. The number of carbonyl (C=O) groups is 1. The smallest absolute Gasteiger partial charge is 0.330 e. The van der Waals surface area contributed by atoms with Gasteiger partial charge in [0.05, 0.1) is 19.8 Å². The van der Waals surface area contributed by atoms with Gasteiger partial charge in [0.2, 0.25) is 0 Å². The third-order valence-electron chi connectivity index (χ3n) is 2.13. The highest BCUT2D eigenvalue weighted by Crippen LogP contribution is 1.99. The average Bonchev–Trinajstić information content (AvgIpc) is 2.33. The first-order chi connectivity index (χ1) is 8.31. The first-order valence-electron chi connectivity index (χ1n) is 6.21. The van der Waals surface area contributed by atoms with Crippen molar-refractivity contribution >= 4 is 5.97 Å². The number of methoxy groups -OCH3 is 1. The molecular weight excluding hydrogens is 220 g/mol. The molecule has 0 spiro atoms. The van der Waals surface area contributed by atoms with E-state index in [1.807, 2.05) is 6.08 Å². The lowest BCUT2D eigenvalue weighted by Crippen LogP contribution is -2.10. The monoisotopic (exact) mass is 244 g/mol. The summed E-state index contributed by atoms with van der Waals surface area (Å²) in [5, 5.41) is 0. The highest BCUT2D eigenvalue weighted by molar-refractivity contribution is 5.81. The molecule has 0 fully saturated rings. The van der Waals surface area contributed by atoms with Crippen molar-refractivity contribution in [3.63, 3.8) is 0 Å². The Hall–Kier alpha value is -0.870. The molecule has 4 heteroatoms. The van der Waals surface area contributed by atoms with Crippen LogP contribution < -0.4 is 0 Å². The third kappa shape index (κ3) is 13.1. The standard InChI is InChI=1S/C13H24O4/c1-3-4-5-6-7-8-13(14)17-12-11-16-10-9-15-2/h7-8H,3-6,9-12H2,1-2H3. The second-order valence-electron chi connectivity index (χ2n) is 3.67. The van der Waals surface area contributed by atoms with Gasteiger partial charge in [-0.05, 0) is 12.8 Å². The molecule has 0 saturated carbocycles. The predicted octanol–water partition coefficient (Wildman–Crippen LogP) is 2.33. The number of rotatable bonds is 11. The van der Waals surface area contributed by atoms with Crippen molar-refractivity contribution in [3.05, 3.63) is 12.2 Å². The Morgan fingerprint density at radius 2 is 1.88 bits per heavy atom. The van der Waals surface area contributed by atoms with Gasteiger partial charge in [0.1, 0.15) is 6.61 Å². The van der Waals surface area contributed by atoms with Crippen molar-refractivity contribution in [2.75, 3.05) is 33.5 Å². The zero-order valence-electron chi connectivity index (χ0n) is 10.9. The number of hydrogen-bond donors (Lipinski definition) is 0. The molecule has 0 aromatic heterocycles. The fourth-order valence-corrected chi connectivity index (χ4v) is 1.19. The number of hydrogen-bond acceptors (Lipinski definition) is 4. The van der Waals surface area contributed by atoms with E-state index in [4.69, 9.17) is 14.2 Å². The van der Waals surface area contributed by atoms with Crippen LogP contribution in [0.25, 0.3) is 0 Å². The Morgan fingerprint density at radius 1 is 1.12 bits per heavy atom. The molecule has 0 saturated heterocycles. The van der Waals surface area contributed by atoms with E-state index in [0.717, 1.165) is 12.8 Å². The van der Waals surface area contributed by atoms with Gasteiger partial charge in [-0.25, -0.2) is 4.79 Å². The maximum atomic E-state index is 11.2. The lowest BCUT2D eigenvalue weighted by Gasteiger charge is -2.03. The van der Waals surface area contributed by atoms with E-state index in [2.05, 4.69) is 6.92 Å². The first-order valence-corrected chi connectivity index (χ1v) is 6.21. The minimum atomic E-state index is -0.295. The van der Waals surface area contributed by atoms with Crippen molar-refractivity contribution in [2.24, 2.45) is 0 Å². The largest absolute Gasteiger partial charge is 0.460 e. The van der Waals surface area contributed by atoms with E-state index in [1.165, 1.54) is 18.9 Å². The second-order valence-corrected chi connectivity index (χ2v) is 3.67. The van der Waals surface area contributed by atoms with Crippen LogP contribution in [0.15, 0.2) is 12.2 Å². The van der Waals surface area contributed by atoms with Crippen molar-refractivity contribution in [2.45, 2.75) is 32.6 Å². The lowest BCUT2D eigenvalue weighted by atomic mass is 10.2. The molecule has 0 aliphatic rings. The Morgan fingerprint density at radius 3 is 2.59 bits per heavy atom. The van der Waals surface area contributed by atoms with Gasteiger partial charge >= 0.3 is 5.97 Å². The fraction of sp³-hybridized carbons (Fsp3) is 0.769. The molecular formula is C13H24O4. The van der Waals surface area contributed by atoms with Gasteiger partial charge in [-0.2, -0.15) is 0 Å². The van der Waals surface area contributed by atoms with Crippen molar-refractivity contribution in [1.82, 2.24) is 0 Å². The normalized spacial score (nSPS) is 10.9. The maximum Gasteiger partial charge on any atom is 0.330 e. The maximum absolute atomic E-state index is 11.2. The van der Waals surface area contributed by atoms with Crippen molar-refractivity contribution in [3.8, 4) is 0 Å². The van der Waals surface area contributed by atoms with Crippen LogP contribution in [-0.4, -0.2) is 39.5 Å². The molecule has 0 radical (unpaired) electrons. The Bertz CT molecular complexity index is 202. The summed E-state index contributed by atoms with van der Waals surface area (Å²) in [6.45, 7) is 3.95. The van der Waals surface area contributed by atoms with Gasteiger partial charge in [-0.3, -0.25) is 0 Å². The van der Waals surface area contributed by atoms with Crippen LogP contribution in [0.3, 0.4) is 0 Å². The summed E-state index contributed by atoms with van der Waals surface area (Å²) >= 11 is 0. The third-order valence-corrected chi connectivity index (χ3v) is 2.13. The van der Waals surface area contributed by atoms with E-state index in [9.17, 15) is 4.79 Å². The molecule has 0 atom stereocenters. The summed E-state index contributed by atoms with van der Waals surface area (Å²) in [7, 11) is 1.62. The molecule has 0 aliphatic heterocycles. The molecule has 0 aromatic carbocycles. The molecule has 17 heavy (non-hydrogen) atoms. The lowest BCUT2D eigenvalue weighted by molar-refractivity contribution is -0.139. The van der Waals surface area contributed by atoms with Gasteiger partial charge in [0.15, 0.2) is 0 Å². The zero-order valence-corrected chi connectivity index (χ0v) is 10.9. The number of allylic oxidation sites excluding steroid dienone is 1. The summed E-state index contributed by atoms with van der Waals surface area (Å²) in [6, 6.07) is 0. The van der Waals surface area contributed by atoms with Gasteiger partial charge in [-0.1, -0.05) is 25.8 Å². The molecule has 0 N–H and O–H groups in total. The van der Waals surface area contributed by atoms with Crippen molar-refractivity contribution in [1.29, 1.82) is 0 Å². The highest BCUT2D eigenvalue weighted by Gasteiger charge is 1.96. The molecule has 4 nitrogen and oxygen atoms in total. The predicted molar refractivity (Wildman–Crippen MR) is 66.9 cm³/mol. The molecule has 0 bridgehead atoms. The van der Waals surface area contributed by atoms with Crippen LogP contribution in [0.4, 0.5) is 0 Å². The first kappa shape index (κ1) is 16.1. The number of unbranched alkanes of at least 4 members (excludes halogenated alkanes) is 3. The van der Waals surface area contributed by atoms with E-state index in [0.29, 0.717) is 26.4 Å². The van der Waals surface area contributed by atoms with Crippen LogP contribution in [0.5, 0.6) is 0 Å². The summed E-state index contributed by atoms with van der Waals surface area (Å²) < 4.78 is 14.9. The SMILES string of the molecule is CCCCCC=CC(=O)OCCOCCOC. The van der Waals surface area contributed by atoms with E-state index in [1.54, 1.807) is 7.11 Å². The molecule has 0 heterocycles. The Labute approximate surface area is 104 Å². The second kappa shape index (κ2) is 13.2. The summed E-state index contributed by atoms with van der Waals surface area (Å²) in [5.74, 6) is -0.295. The minimum absolute atomic E-state index is 0.293. The van der Waals surface area contributed by atoms with Gasteiger partial charge in [0.25, 0.3) is 0 Å². The molecule has 0 unspecified atom stereocenters. The van der Waals surface area contributed by atoms with Crippen molar-refractivity contribution < 1.29 is 19.0 Å². The van der Waals surface area contributed by atoms with Gasteiger partial charge in [0, 0.05) is 13.2 Å². The number of carbonyl (C=O) groups excluding carboxylic acids is 1.